The van der Waals surface area contributed by atoms with Gasteiger partial charge in [-0.25, -0.2) is 0 Å². The number of carbonyl (C=O) groups excluding carboxylic acids is 2. The van der Waals surface area contributed by atoms with Crippen molar-refractivity contribution in [2.24, 2.45) is 4.99 Å². The van der Waals surface area contributed by atoms with Gasteiger partial charge in [0.2, 0.25) is 5.91 Å². The molecule has 0 unspecified atom stereocenters. The van der Waals surface area contributed by atoms with Crippen LogP contribution in [0, 0.1) is 6.92 Å². The fourth-order valence-electron chi connectivity index (χ4n) is 2.81. The standard InChI is InChI=1S/C18H29N5O3/c1-4-19-18(23-11-9-22(10-12-23)15(3)24)21-8-5-7-20-17(25)16-14(2)6-13-26-16/h6,13H,4-5,7-12H2,1-3H3,(H,19,21)(H,20,25). The van der Waals surface area contributed by atoms with Crippen molar-refractivity contribution in [2.75, 3.05) is 45.8 Å². The second-order valence-corrected chi connectivity index (χ2v) is 6.27. The number of hydrogen-bond acceptors (Lipinski definition) is 4. The summed E-state index contributed by atoms with van der Waals surface area (Å²) in [7, 11) is 0. The molecular formula is C18H29N5O3. The second-order valence-electron chi connectivity index (χ2n) is 6.27. The first-order chi connectivity index (χ1) is 12.5. The van der Waals surface area contributed by atoms with E-state index in [1.807, 2.05) is 18.7 Å². The summed E-state index contributed by atoms with van der Waals surface area (Å²) >= 11 is 0. The number of nitrogens with one attached hydrogen (secondary N) is 2. The van der Waals surface area contributed by atoms with Crippen LogP contribution in [0.1, 0.15) is 36.4 Å². The molecule has 0 spiro atoms. The number of furan rings is 1. The van der Waals surface area contributed by atoms with Crippen LogP contribution in [0.3, 0.4) is 0 Å². The van der Waals surface area contributed by atoms with Crippen molar-refractivity contribution in [3.05, 3.63) is 23.7 Å². The number of piperazine rings is 1. The van der Waals surface area contributed by atoms with Crippen molar-refractivity contribution in [1.29, 1.82) is 0 Å². The van der Waals surface area contributed by atoms with Gasteiger partial charge in [0.25, 0.3) is 5.91 Å². The molecule has 0 bridgehead atoms. The predicted molar refractivity (Wildman–Crippen MR) is 100 cm³/mol. The predicted octanol–water partition coefficient (Wildman–Crippen LogP) is 0.838. The lowest BCUT2D eigenvalue weighted by Gasteiger charge is -2.36. The van der Waals surface area contributed by atoms with Crippen molar-refractivity contribution < 1.29 is 14.0 Å². The lowest BCUT2D eigenvalue weighted by molar-refractivity contribution is -0.130. The monoisotopic (exact) mass is 363 g/mol. The quantitative estimate of drug-likeness (QED) is 0.444. The second kappa shape index (κ2) is 9.84. The summed E-state index contributed by atoms with van der Waals surface area (Å²) in [6, 6.07) is 1.77. The average molecular weight is 363 g/mol. The summed E-state index contributed by atoms with van der Waals surface area (Å²) in [4.78, 5) is 32.1. The van der Waals surface area contributed by atoms with E-state index in [-0.39, 0.29) is 11.8 Å². The van der Waals surface area contributed by atoms with Crippen LogP contribution < -0.4 is 10.6 Å². The van der Waals surface area contributed by atoms with Crippen molar-refractivity contribution in [3.63, 3.8) is 0 Å². The van der Waals surface area contributed by atoms with Crippen molar-refractivity contribution >= 4 is 17.8 Å². The van der Waals surface area contributed by atoms with Crippen LogP contribution >= 0.6 is 0 Å². The van der Waals surface area contributed by atoms with Crippen LogP contribution in [0.2, 0.25) is 0 Å². The van der Waals surface area contributed by atoms with Gasteiger partial charge in [0.1, 0.15) is 0 Å². The molecule has 0 atom stereocenters. The number of hydrogen-bond donors (Lipinski definition) is 2. The number of guanidine groups is 1. The minimum atomic E-state index is -0.191. The van der Waals surface area contributed by atoms with Gasteiger partial charge in [-0.3, -0.25) is 14.6 Å². The molecule has 26 heavy (non-hydrogen) atoms. The third-order valence-electron chi connectivity index (χ3n) is 4.31. The molecule has 8 heteroatoms. The van der Waals surface area contributed by atoms with Gasteiger partial charge in [0, 0.05) is 58.3 Å². The summed E-state index contributed by atoms with van der Waals surface area (Å²) in [6.45, 7) is 10.4. The molecule has 1 aliphatic rings. The van der Waals surface area contributed by atoms with Gasteiger partial charge in [-0.2, -0.15) is 0 Å². The Morgan fingerprint density at radius 1 is 1.19 bits per heavy atom. The molecule has 1 saturated heterocycles. The number of aryl methyl sites for hydroxylation is 1. The maximum absolute atomic E-state index is 12.0. The van der Waals surface area contributed by atoms with Crippen molar-refractivity contribution in [3.8, 4) is 0 Å². The Hall–Kier alpha value is -2.51. The minimum absolute atomic E-state index is 0.120. The van der Waals surface area contributed by atoms with E-state index in [9.17, 15) is 9.59 Å². The number of carbonyl (C=O) groups is 2. The highest BCUT2D eigenvalue weighted by Crippen LogP contribution is 2.08. The molecular weight excluding hydrogens is 334 g/mol. The highest BCUT2D eigenvalue weighted by molar-refractivity contribution is 5.92. The molecule has 2 rings (SSSR count). The Morgan fingerprint density at radius 3 is 2.46 bits per heavy atom. The molecule has 1 fully saturated rings. The molecule has 1 aromatic heterocycles. The molecule has 0 aromatic carbocycles. The van der Waals surface area contributed by atoms with E-state index in [0.29, 0.717) is 18.8 Å². The van der Waals surface area contributed by atoms with Crippen molar-refractivity contribution in [2.45, 2.75) is 27.2 Å². The van der Waals surface area contributed by atoms with E-state index in [0.717, 1.165) is 50.7 Å². The van der Waals surface area contributed by atoms with Crippen LogP contribution in [0.4, 0.5) is 0 Å². The molecule has 0 saturated carbocycles. The third-order valence-corrected chi connectivity index (χ3v) is 4.31. The maximum Gasteiger partial charge on any atom is 0.287 e. The summed E-state index contributed by atoms with van der Waals surface area (Å²) in [5.41, 5.74) is 0.833. The van der Waals surface area contributed by atoms with Gasteiger partial charge in [0.15, 0.2) is 11.7 Å². The molecule has 144 valence electrons. The topological polar surface area (TPSA) is 90.2 Å². The van der Waals surface area contributed by atoms with Gasteiger partial charge in [-0.05, 0) is 26.3 Å². The van der Waals surface area contributed by atoms with Crippen LogP contribution in [0.5, 0.6) is 0 Å². The minimum Gasteiger partial charge on any atom is -0.459 e. The number of amides is 2. The lowest BCUT2D eigenvalue weighted by atomic mass is 10.2. The summed E-state index contributed by atoms with van der Waals surface area (Å²) in [5, 5.41) is 6.15. The largest absolute Gasteiger partial charge is 0.459 e. The Labute approximate surface area is 154 Å². The van der Waals surface area contributed by atoms with Gasteiger partial charge in [0.05, 0.1) is 6.26 Å². The Kier molecular flexibility index (Phi) is 7.50. The smallest absolute Gasteiger partial charge is 0.287 e. The fraction of sp³-hybridized carbons (Fsp3) is 0.611. The first-order valence-electron chi connectivity index (χ1n) is 9.14. The first-order valence-corrected chi connectivity index (χ1v) is 9.14. The van der Waals surface area contributed by atoms with Crippen LogP contribution in [0.25, 0.3) is 0 Å². The molecule has 2 heterocycles. The number of rotatable bonds is 6. The zero-order chi connectivity index (χ0) is 18.9. The van der Waals surface area contributed by atoms with Crippen molar-refractivity contribution in [1.82, 2.24) is 20.4 Å². The highest BCUT2D eigenvalue weighted by Gasteiger charge is 2.20. The summed E-state index contributed by atoms with van der Waals surface area (Å²) in [5.74, 6) is 1.16. The zero-order valence-electron chi connectivity index (χ0n) is 15.9. The summed E-state index contributed by atoms with van der Waals surface area (Å²) < 4.78 is 5.17. The van der Waals surface area contributed by atoms with E-state index in [2.05, 4.69) is 20.5 Å². The molecule has 8 nitrogen and oxygen atoms in total. The Balaban J connectivity index is 1.76. The average Bonchev–Trinajstić information content (AvgIpc) is 3.06. The SMILES string of the molecule is CCNC(=NCCCNC(=O)c1occc1C)N1CCN(C(C)=O)CC1. The molecule has 2 amide bonds. The fourth-order valence-corrected chi connectivity index (χ4v) is 2.81. The number of aliphatic imine (C=N–C) groups is 1. The normalized spacial score (nSPS) is 15.1. The van der Waals surface area contributed by atoms with E-state index in [4.69, 9.17) is 4.42 Å². The molecule has 1 aromatic rings. The van der Waals surface area contributed by atoms with Gasteiger partial charge >= 0.3 is 0 Å². The molecule has 1 aliphatic heterocycles. The van der Waals surface area contributed by atoms with E-state index < -0.39 is 0 Å². The van der Waals surface area contributed by atoms with E-state index in [1.165, 1.54) is 6.26 Å². The molecule has 0 radical (unpaired) electrons. The first kappa shape index (κ1) is 19.8. The molecule has 2 N–H and O–H groups in total. The Morgan fingerprint density at radius 2 is 1.88 bits per heavy atom. The van der Waals surface area contributed by atoms with E-state index >= 15 is 0 Å². The lowest BCUT2D eigenvalue weighted by Crippen LogP contribution is -2.53. The summed E-state index contributed by atoms with van der Waals surface area (Å²) in [6.07, 6.45) is 2.26. The zero-order valence-corrected chi connectivity index (χ0v) is 15.9. The highest BCUT2D eigenvalue weighted by atomic mass is 16.3. The van der Waals surface area contributed by atoms with Crippen LogP contribution in [0.15, 0.2) is 21.7 Å². The van der Waals surface area contributed by atoms with Gasteiger partial charge < -0.3 is 24.9 Å². The van der Waals surface area contributed by atoms with E-state index in [1.54, 1.807) is 13.0 Å². The Bertz CT molecular complexity index is 633. The number of nitrogens with zero attached hydrogens (tertiary/aromatic N) is 3. The molecule has 0 aliphatic carbocycles. The van der Waals surface area contributed by atoms with Crippen LogP contribution in [-0.2, 0) is 4.79 Å². The third kappa shape index (κ3) is 5.50. The van der Waals surface area contributed by atoms with Crippen LogP contribution in [-0.4, -0.2) is 73.4 Å². The van der Waals surface area contributed by atoms with Gasteiger partial charge in [-0.15, -0.1) is 0 Å². The van der Waals surface area contributed by atoms with Gasteiger partial charge in [-0.1, -0.05) is 0 Å². The maximum atomic E-state index is 12.0.